The van der Waals surface area contributed by atoms with Crippen molar-refractivity contribution in [3.05, 3.63) is 32.1 Å². The number of aromatic nitrogens is 2. The molecule has 1 saturated heterocycles. The first-order chi connectivity index (χ1) is 12.6. The van der Waals surface area contributed by atoms with E-state index in [1.54, 1.807) is 18.8 Å². The fraction of sp³-hybridized carbons (Fsp3) is 0.643. The molecule has 0 bridgehead atoms. The number of halogens is 2. The fourth-order valence-corrected chi connectivity index (χ4v) is 2.11. The number of aliphatic hydroxyl groups is 1. The number of alkyl halides is 1. The lowest BCUT2D eigenvalue weighted by atomic mass is 10.1. The second-order valence-corrected chi connectivity index (χ2v) is 6.20. The standard InChI is InChI=1S/C14H19ClFN3O6/c1-6(2)9(17)12(22)24-5-14(16)3-8(20)11(25-14)19-4-7(15)10(21)18-13(19)23/h4,6,8-9,11,20H,3,5,17H2,1-2H3,(H,18,21,23)/t8-,9+,11-,14+/m1/s1/i5D2,11D. The zero-order valence-electron chi connectivity index (χ0n) is 16.3. The van der Waals surface area contributed by atoms with Crippen LogP contribution in [0.25, 0.3) is 0 Å². The quantitative estimate of drug-likeness (QED) is 0.592. The highest BCUT2D eigenvalue weighted by Crippen LogP contribution is 2.37. The van der Waals surface area contributed by atoms with Gasteiger partial charge in [0.1, 0.15) is 17.2 Å². The number of carbonyl (C=O) groups is 1. The SMILES string of the molecule is [2H]C([2H])(OC(=O)[C@@H](N)C(C)C)[C@]1(F)C[C@@H](O)[C@]([2H])(n2cc(Cl)c(=O)[nH]c2=O)O1. The third-order valence-corrected chi connectivity index (χ3v) is 3.71. The van der Waals surface area contributed by atoms with E-state index < -0.39 is 65.3 Å². The van der Waals surface area contributed by atoms with Gasteiger partial charge >= 0.3 is 11.7 Å². The molecule has 0 amide bonds. The van der Waals surface area contributed by atoms with Crippen LogP contribution in [0.2, 0.25) is 5.02 Å². The molecule has 1 aliphatic rings. The highest BCUT2D eigenvalue weighted by Gasteiger charge is 2.49. The average molecular weight is 383 g/mol. The van der Waals surface area contributed by atoms with Crippen LogP contribution < -0.4 is 17.0 Å². The maximum Gasteiger partial charge on any atom is 0.330 e. The van der Waals surface area contributed by atoms with Gasteiger partial charge in [-0.2, -0.15) is 0 Å². The van der Waals surface area contributed by atoms with E-state index in [0.29, 0.717) is 10.8 Å². The molecule has 0 aliphatic carbocycles. The molecule has 9 nitrogen and oxygen atoms in total. The molecule has 0 radical (unpaired) electrons. The second kappa shape index (κ2) is 7.24. The van der Waals surface area contributed by atoms with Crippen molar-refractivity contribution in [2.45, 2.75) is 44.5 Å². The van der Waals surface area contributed by atoms with Crippen LogP contribution in [0.1, 0.15) is 30.6 Å². The third kappa shape index (κ3) is 4.27. The molecule has 1 fully saturated rings. The largest absolute Gasteiger partial charge is 0.458 e. The van der Waals surface area contributed by atoms with Gasteiger partial charge in [0.2, 0.25) is 5.85 Å². The van der Waals surface area contributed by atoms with E-state index in [9.17, 15) is 19.5 Å². The van der Waals surface area contributed by atoms with E-state index in [2.05, 4.69) is 4.74 Å². The topological polar surface area (TPSA) is 137 Å². The zero-order valence-corrected chi connectivity index (χ0v) is 14.0. The molecular weight excluding hydrogens is 361 g/mol. The van der Waals surface area contributed by atoms with Crippen LogP contribution in [0.5, 0.6) is 0 Å². The monoisotopic (exact) mass is 382 g/mol. The summed E-state index contributed by atoms with van der Waals surface area (Å²) < 4.78 is 48.4. The first-order valence-corrected chi connectivity index (χ1v) is 7.60. The number of H-pyrrole nitrogens is 1. The van der Waals surface area contributed by atoms with Crippen molar-refractivity contribution in [1.29, 1.82) is 0 Å². The highest BCUT2D eigenvalue weighted by molar-refractivity contribution is 6.30. The Balaban J connectivity index is 2.39. The van der Waals surface area contributed by atoms with Gasteiger partial charge in [-0.05, 0) is 5.92 Å². The molecule has 0 spiro atoms. The minimum Gasteiger partial charge on any atom is -0.458 e. The number of aliphatic hydroxyl groups excluding tert-OH is 1. The van der Waals surface area contributed by atoms with Gasteiger partial charge in [0.05, 0.1) is 4.11 Å². The summed E-state index contributed by atoms with van der Waals surface area (Å²) in [7, 11) is 0. The number of nitrogens with two attached hydrogens (primary N) is 1. The highest BCUT2D eigenvalue weighted by atomic mass is 35.5. The summed E-state index contributed by atoms with van der Waals surface area (Å²) in [4.78, 5) is 37.0. The van der Waals surface area contributed by atoms with Crippen molar-refractivity contribution >= 4 is 17.6 Å². The summed E-state index contributed by atoms with van der Waals surface area (Å²) in [6.45, 7) is -0.344. The Bertz CT molecular complexity index is 896. The van der Waals surface area contributed by atoms with Crippen LogP contribution >= 0.6 is 11.6 Å². The minimum atomic E-state index is -3.51. The van der Waals surface area contributed by atoms with Crippen LogP contribution in [0.4, 0.5) is 4.39 Å². The van der Waals surface area contributed by atoms with Crippen LogP contribution in [0.3, 0.4) is 0 Å². The summed E-state index contributed by atoms with van der Waals surface area (Å²) >= 11 is 5.59. The number of ether oxygens (including phenoxy) is 2. The van der Waals surface area contributed by atoms with Crippen LogP contribution in [0.15, 0.2) is 15.8 Å². The second-order valence-electron chi connectivity index (χ2n) is 5.79. The van der Waals surface area contributed by atoms with E-state index >= 15 is 4.39 Å². The lowest BCUT2D eigenvalue weighted by Crippen LogP contribution is -2.40. The molecular formula is C14H19ClFN3O6. The van der Waals surface area contributed by atoms with Gasteiger partial charge in [-0.15, -0.1) is 0 Å². The van der Waals surface area contributed by atoms with Crippen molar-refractivity contribution in [2.75, 3.05) is 6.56 Å². The van der Waals surface area contributed by atoms with Gasteiger partial charge in [0, 0.05) is 12.6 Å². The molecule has 4 atom stereocenters. The molecule has 1 aromatic rings. The van der Waals surface area contributed by atoms with E-state index in [1.807, 2.05) is 0 Å². The van der Waals surface area contributed by atoms with E-state index in [4.69, 9.17) is 26.2 Å². The van der Waals surface area contributed by atoms with Crippen molar-refractivity contribution in [1.82, 2.24) is 9.55 Å². The fourth-order valence-electron chi connectivity index (χ4n) is 1.96. The molecule has 2 heterocycles. The number of hydrogen-bond donors (Lipinski definition) is 3. The van der Waals surface area contributed by atoms with Gasteiger partial charge in [-0.3, -0.25) is 19.1 Å². The van der Waals surface area contributed by atoms with Gasteiger partial charge in [-0.25, -0.2) is 9.18 Å². The lowest BCUT2D eigenvalue weighted by molar-refractivity contribution is -0.196. The molecule has 0 aromatic carbocycles. The summed E-state index contributed by atoms with van der Waals surface area (Å²) in [6.07, 6.45) is -5.53. The van der Waals surface area contributed by atoms with Crippen LogP contribution in [-0.2, 0) is 14.3 Å². The summed E-state index contributed by atoms with van der Waals surface area (Å²) in [5.74, 6) is -5.21. The molecule has 2 rings (SSSR count). The minimum absolute atomic E-state index is 0.292. The number of nitrogens with zero attached hydrogens (tertiary/aromatic N) is 1. The zero-order chi connectivity index (χ0) is 21.7. The van der Waals surface area contributed by atoms with Gasteiger partial charge < -0.3 is 20.3 Å². The number of esters is 1. The summed E-state index contributed by atoms with van der Waals surface area (Å²) in [6, 6.07) is -1.26. The number of aromatic amines is 1. The molecule has 1 aliphatic heterocycles. The Morgan fingerprint density at radius 2 is 2.40 bits per heavy atom. The van der Waals surface area contributed by atoms with Crippen molar-refractivity contribution in [2.24, 2.45) is 11.7 Å². The van der Waals surface area contributed by atoms with Crippen LogP contribution in [0, 0.1) is 5.92 Å². The number of carbonyl (C=O) groups excluding carboxylic acids is 1. The van der Waals surface area contributed by atoms with Gasteiger partial charge in [0.25, 0.3) is 5.56 Å². The molecule has 140 valence electrons. The Morgan fingerprint density at radius 1 is 1.76 bits per heavy atom. The average Bonchev–Trinajstić information content (AvgIpc) is 2.81. The van der Waals surface area contributed by atoms with E-state index in [0.717, 1.165) is 0 Å². The molecule has 1 aromatic heterocycles. The first-order valence-electron chi connectivity index (χ1n) is 8.72. The lowest BCUT2D eigenvalue weighted by Gasteiger charge is -2.22. The van der Waals surface area contributed by atoms with E-state index in [-0.39, 0.29) is 0 Å². The molecule has 25 heavy (non-hydrogen) atoms. The van der Waals surface area contributed by atoms with Gasteiger partial charge in [0.15, 0.2) is 12.8 Å². The Hall–Kier alpha value is -1.75. The van der Waals surface area contributed by atoms with Crippen molar-refractivity contribution < 1.29 is 27.9 Å². The normalized spacial score (nSPS) is 32.8. The summed E-state index contributed by atoms with van der Waals surface area (Å²) in [5.41, 5.74) is 3.30. The predicted octanol–water partition coefficient (Wildman–Crippen LogP) is -0.338. The Labute approximate surface area is 150 Å². The first kappa shape index (κ1) is 15.5. The Morgan fingerprint density at radius 3 is 3.00 bits per heavy atom. The number of nitrogens with one attached hydrogen (secondary N) is 1. The maximum absolute atomic E-state index is 15.2. The van der Waals surface area contributed by atoms with E-state index in [1.165, 1.54) is 0 Å². The molecule has 11 heteroatoms. The van der Waals surface area contributed by atoms with Crippen molar-refractivity contribution in [3.63, 3.8) is 0 Å². The number of hydrogen-bond acceptors (Lipinski definition) is 7. The molecule has 0 saturated carbocycles. The molecule has 0 unspecified atom stereocenters. The third-order valence-electron chi connectivity index (χ3n) is 3.44. The Kier molecular flexibility index (Phi) is 4.49. The maximum atomic E-state index is 15.2. The predicted molar refractivity (Wildman–Crippen MR) is 84.7 cm³/mol. The molecule has 4 N–H and O–H groups in total. The summed E-state index contributed by atoms with van der Waals surface area (Å²) in [5, 5.41) is 9.58. The van der Waals surface area contributed by atoms with Crippen LogP contribution in [-0.4, -0.2) is 45.2 Å². The number of rotatable bonds is 5. The smallest absolute Gasteiger partial charge is 0.330 e. The van der Waals surface area contributed by atoms with Crippen molar-refractivity contribution in [3.8, 4) is 0 Å². The van der Waals surface area contributed by atoms with Gasteiger partial charge in [-0.1, -0.05) is 25.4 Å².